The monoisotopic (exact) mass is 360 g/mol. The van der Waals surface area contributed by atoms with Gasteiger partial charge in [-0.2, -0.15) is 0 Å². The van der Waals surface area contributed by atoms with Crippen molar-refractivity contribution in [3.05, 3.63) is 27.7 Å². The maximum atomic E-state index is 12.9. The molecule has 0 unspecified atom stereocenters. The van der Waals surface area contributed by atoms with E-state index in [4.69, 9.17) is 0 Å². The molecule has 1 atom stereocenters. The molecule has 4 rings (SSSR count). The van der Waals surface area contributed by atoms with Crippen LogP contribution in [-0.2, 0) is 24.3 Å². The molecule has 0 bridgehead atoms. The zero-order valence-electron chi connectivity index (χ0n) is 14.8. The van der Waals surface area contributed by atoms with E-state index in [-0.39, 0.29) is 11.9 Å². The molecule has 0 N–H and O–H groups in total. The highest BCUT2D eigenvalue weighted by Crippen LogP contribution is 2.31. The van der Waals surface area contributed by atoms with Gasteiger partial charge in [0.2, 0.25) is 5.91 Å². The van der Waals surface area contributed by atoms with Crippen molar-refractivity contribution in [2.24, 2.45) is 0 Å². The molecular formula is C17H24N6OS. The van der Waals surface area contributed by atoms with E-state index < -0.39 is 0 Å². The Morgan fingerprint density at radius 3 is 2.96 bits per heavy atom. The second kappa shape index (κ2) is 6.84. The van der Waals surface area contributed by atoms with Gasteiger partial charge in [-0.1, -0.05) is 0 Å². The number of hydrogen-bond donors (Lipinski definition) is 0. The van der Waals surface area contributed by atoms with E-state index in [9.17, 15) is 4.79 Å². The molecule has 0 spiro atoms. The van der Waals surface area contributed by atoms with Crippen LogP contribution in [0.5, 0.6) is 0 Å². The average Bonchev–Trinajstić information content (AvgIpc) is 3.20. The minimum atomic E-state index is 0.0469. The normalized spacial score (nSPS) is 21.4. The molecule has 2 aromatic rings. The van der Waals surface area contributed by atoms with Crippen molar-refractivity contribution < 1.29 is 4.79 Å². The highest BCUT2D eigenvalue weighted by atomic mass is 32.1. The lowest BCUT2D eigenvalue weighted by atomic mass is 10.0. The molecule has 2 aliphatic rings. The smallest absolute Gasteiger partial charge is 0.229 e. The van der Waals surface area contributed by atoms with Crippen molar-refractivity contribution in [2.75, 3.05) is 20.1 Å². The predicted octanol–water partition coefficient (Wildman–Crippen LogP) is 1.78. The Bertz CT molecular complexity index is 769. The maximum Gasteiger partial charge on any atom is 0.229 e. The summed E-state index contributed by atoms with van der Waals surface area (Å²) in [5.74, 6) is 2.13. The zero-order valence-corrected chi connectivity index (χ0v) is 15.6. The molecule has 1 saturated heterocycles. The van der Waals surface area contributed by atoms with Crippen LogP contribution < -0.4 is 0 Å². The first-order chi connectivity index (χ1) is 12.1. The summed E-state index contributed by atoms with van der Waals surface area (Å²) >= 11 is 1.60. The lowest BCUT2D eigenvalue weighted by molar-refractivity contribution is -0.134. The van der Waals surface area contributed by atoms with Gasteiger partial charge in [0.1, 0.15) is 5.82 Å². The van der Waals surface area contributed by atoms with E-state index in [0.29, 0.717) is 6.42 Å². The molecule has 0 radical (unpaired) electrons. The van der Waals surface area contributed by atoms with Gasteiger partial charge < -0.3 is 9.47 Å². The SMILES string of the molecule is Cc1nc(CC(=O)N2CCCC[C@@H]2c2nnc3n2CCN(C)C3)cs1. The van der Waals surface area contributed by atoms with E-state index in [1.807, 2.05) is 17.2 Å². The second-order valence-electron chi connectivity index (χ2n) is 7.00. The highest BCUT2D eigenvalue weighted by Gasteiger charge is 2.33. The van der Waals surface area contributed by atoms with Crippen molar-refractivity contribution in [1.82, 2.24) is 29.5 Å². The molecule has 2 aliphatic heterocycles. The third kappa shape index (κ3) is 3.32. The van der Waals surface area contributed by atoms with Gasteiger partial charge >= 0.3 is 0 Å². The number of nitrogens with zero attached hydrogens (tertiary/aromatic N) is 6. The molecule has 0 aliphatic carbocycles. The van der Waals surface area contributed by atoms with Gasteiger partial charge in [0, 0.05) is 25.0 Å². The van der Waals surface area contributed by atoms with Crippen LogP contribution in [0.1, 0.15) is 47.7 Å². The fourth-order valence-electron chi connectivity index (χ4n) is 3.79. The van der Waals surface area contributed by atoms with E-state index in [0.717, 1.165) is 67.8 Å². The Balaban J connectivity index is 1.56. The lowest BCUT2D eigenvalue weighted by Crippen LogP contribution is -2.41. The van der Waals surface area contributed by atoms with Crippen molar-refractivity contribution in [3.63, 3.8) is 0 Å². The summed E-state index contributed by atoms with van der Waals surface area (Å²) in [6.45, 7) is 5.50. The number of likely N-dealkylation sites (tertiary alicyclic amines) is 1. The number of hydrogen-bond acceptors (Lipinski definition) is 6. The van der Waals surface area contributed by atoms with Gasteiger partial charge in [-0.05, 0) is 33.2 Å². The number of piperidine rings is 1. The third-order valence-electron chi connectivity index (χ3n) is 5.09. The number of rotatable bonds is 3. The number of fused-ring (bicyclic) bond motifs is 1. The fraction of sp³-hybridized carbons (Fsp3) is 0.647. The first kappa shape index (κ1) is 16.7. The minimum Gasteiger partial charge on any atom is -0.332 e. The summed E-state index contributed by atoms with van der Waals surface area (Å²) in [5.41, 5.74) is 0.877. The number of carbonyl (C=O) groups is 1. The first-order valence-electron chi connectivity index (χ1n) is 8.93. The zero-order chi connectivity index (χ0) is 17.4. The molecular weight excluding hydrogens is 336 g/mol. The second-order valence-corrected chi connectivity index (χ2v) is 8.06. The molecule has 0 aromatic carbocycles. The quantitative estimate of drug-likeness (QED) is 0.835. The summed E-state index contributed by atoms with van der Waals surface area (Å²) in [4.78, 5) is 21.6. The number of aromatic nitrogens is 4. The Kier molecular flexibility index (Phi) is 4.56. The van der Waals surface area contributed by atoms with Gasteiger partial charge in [-0.15, -0.1) is 21.5 Å². The van der Waals surface area contributed by atoms with Crippen molar-refractivity contribution in [1.29, 1.82) is 0 Å². The van der Waals surface area contributed by atoms with Crippen molar-refractivity contribution in [2.45, 2.75) is 51.7 Å². The largest absolute Gasteiger partial charge is 0.332 e. The number of likely N-dealkylation sites (N-methyl/N-ethyl adjacent to an activating group) is 1. The number of aryl methyl sites for hydroxylation is 1. The molecule has 0 saturated carbocycles. The van der Waals surface area contributed by atoms with Crippen LogP contribution in [0.25, 0.3) is 0 Å². The Hall–Kier alpha value is -1.80. The van der Waals surface area contributed by atoms with E-state index in [1.54, 1.807) is 11.3 Å². The number of thiazole rings is 1. The summed E-state index contributed by atoms with van der Waals surface area (Å²) in [6, 6.07) is 0.0469. The van der Waals surface area contributed by atoms with Gasteiger partial charge in [0.25, 0.3) is 0 Å². The standard InChI is InChI=1S/C17H24N6OS/c1-12-18-13(11-25-12)9-16(24)22-6-4-3-5-14(22)17-20-19-15-10-21(2)7-8-23(15)17/h11,14H,3-10H2,1-2H3/t14-/m1/s1. The van der Waals surface area contributed by atoms with Gasteiger partial charge in [-0.3, -0.25) is 9.69 Å². The molecule has 134 valence electrons. The van der Waals surface area contributed by atoms with Crippen LogP contribution >= 0.6 is 11.3 Å². The molecule has 25 heavy (non-hydrogen) atoms. The predicted molar refractivity (Wildman–Crippen MR) is 95.2 cm³/mol. The number of carbonyl (C=O) groups excluding carboxylic acids is 1. The van der Waals surface area contributed by atoms with Crippen LogP contribution in [0, 0.1) is 6.92 Å². The first-order valence-corrected chi connectivity index (χ1v) is 9.81. The van der Waals surface area contributed by atoms with E-state index >= 15 is 0 Å². The summed E-state index contributed by atoms with van der Waals surface area (Å²) in [5, 5.41) is 11.9. The lowest BCUT2D eigenvalue weighted by Gasteiger charge is -2.36. The molecule has 2 aromatic heterocycles. The number of amides is 1. The molecule has 4 heterocycles. The van der Waals surface area contributed by atoms with Crippen molar-refractivity contribution >= 4 is 17.2 Å². The topological polar surface area (TPSA) is 67.2 Å². The molecule has 8 heteroatoms. The third-order valence-corrected chi connectivity index (χ3v) is 5.92. The summed E-state index contributed by atoms with van der Waals surface area (Å²) in [6.07, 6.45) is 3.54. The van der Waals surface area contributed by atoms with E-state index in [2.05, 4.69) is 31.7 Å². The molecule has 7 nitrogen and oxygen atoms in total. The van der Waals surface area contributed by atoms with Crippen LogP contribution in [-0.4, -0.2) is 55.6 Å². The highest BCUT2D eigenvalue weighted by molar-refractivity contribution is 7.09. The van der Waals surface area contributed by atoms with Crippen LogP contribution in [0.15, 0.2) is 5.38 Å². The van der Waals surface area contributed by atoms with Gasteiger partial charge in [0.15, 0.2) is 5.82 Å². The summed E-state index contributed by atoms with van der Waals surface area (Å²) in [7, 11) is 2.10. The maximum absolute atomic E-state index is 12.9. The van der Waals surface area contributed by atoms with Crippen LogP contribution in [0.4, 0.5) is 0 Å². The molecule has 1 amide bonds. The van der Waals surface area contributed by atoms with Crippen molar-refractivity contribution in [3.8, 4) is 0 Å². The minimum absolute atomic E-state index is 0.0469. The Labute approximate surface area is 151 Å². The van der Waals surface area contributed by atoms with Crippen LogP contribution in [0.2, 0.25) is 0 Å². The van der Waals surface area contributed by atoms with Gasteiger partial charge in [-0.25, -0.2) is 4.98 Å². The van der Waals surface area contributed by atoms with Crippen LogP contribution in [0.3, 0.4) is 0 Å². The Morgan fingerprint density at radius 2 is 2.16 bits per heavy atom. The average molecular weight is 360 g/mol. The van der Waals surface area contributed by atoms with E-state index in [1.165, 1.54) is 0 Å². The Morgan fingerprint density at radius 1 is 1.28 bits per heavy atom. The summed E-state index contributed by atoms with van der Waals surface area (Å²) < 4.78 is 2.23. The van der Waals surface area contributed by atoms with Gasteiger partial charge in [0.05, 0.1) is 29.7 Å². The molecule has 1 fully saturated rings. The fourth-order valence-corrected chi connectivity index (χ4v) is 4.40.